The maximum atomic E-state index is 10.5. The molecule has 0 radical (unpaired) electrons. The summed E-state index contributed by atoms with van der Waals surface area (Å²) in [6, 6.07) is 0. The van der Waals surface area contributed by atoms with Crippen LogP contribution >= 0.6 is 12.6 Å². The maximum absolute atomic E-state index is 10.5. The Kier molecular flexibility index (Phi) is 3.63. The summed E-state index contributed by atoms with van der Waals surface area (Å²) < 4.78 is 4.28. The highest BCUT2D eigenvalue weighted by Gasteiger charge is 2.11. The van der Waals surface area contributed by atoms with Gasteiger partial charge in [-0.3, -0.25) is 0 Å². The molecule has 0 bridgehead atoms. The van der Waals surface area contributed by atoms with Crippen molar-refractivity contribution in [1.82, 2.24) is 0 Å². The largest absolute Gasteiger partial charge is 0.467 e. The standard InChI is InChI=1S/C4H9N3O2S/c1-9-3(8)2(10)7-4(5)6/h2,10H,1H3,(H4,5,6,7). The first-order valence-corrected chi connectivity index (χ1v) is 2.94. The smallest absolute Gasteiger partial charge is 0.340 e. The van der Waals surface area contributed by atoms with Crippen LogP contribution in [0.25, 0.3) is 0 Å². The van der Waals surface area contributed by atoms with Gasteiger partial charge in [-0.05, 0) is 0 Å². The molecule has 0 heterocycles. The molecule has 0 aromatic heterocycles. The minimum absolute atomic E-state index is 0.189. The Morgan fingerprint density at radius 2 is 2.20 bits per heavy atom. The molecule has 0 amide bonds. The molecule has 0 aliphatic rings. The van der Waals surface area contributed by atoms with Crippen LogP contribution in [-0.2, 0) is 9.53 Å². The number of aliphatic imine (C=N–C) groups is 1. The lowest BCUT2D eigenvalue weighted by molar-refractivity contribution is -0.139. The van der Waals surface area contributed by atoms with E-state index in [1.807, 2.05) is 0 Å². The average Bonchev–Trinajstić information content (AvgIpc) is 1.85. The van der Waals surface area contributed by atoms with E-state index in [0.717, 1.165) is 0 Å². The Balaban J connectivity index is 3.96. The molecule has 6 heteroatoms. The van der Waals surface area contributed by atoms with Crippen molar-refractivity contribution in [3.05, 3.63) is 0 Å². The highest BCUT2D eigenvalue weighted by Crippen LogP contribution is 1.97. The molecule has 5 nitrogen and oxygen atoms in total. The summed E-state index contributed by atoms with van der Waals surface area (Å²) in [5.74, 6) is -0.776. The van der Waals surface area contributed by atoms with Crippen LogP contribution in [0, 0.1) is 0 Å². The number of carbonyl (C=O) groups is 1. The predicted octanol–water partition coefficient (Wildman–Crippen LogP) is -1.31. The van der Waals surface area contributed by atoms with Crippen LogP contribution in [0.15, 0.2) is 4.99 Å². The first-order valence-electron chi connectivity index (χ1n) is 2.42. The maximum Gasteiger partial charge on any atom is 0.340 e. The fraction of sp³-hybridized carbons (Fsp3) is 0.500. The van der Waals surface area contributed by atoms with Crippen LogP contribution in [0.1, 0.15) is 0 Å². The molecule has 1 atom stereocenters. The summed E-state index contributed by atoms with van der Waals surface area (Å²) in [5, 5.41) is -0.921. The zero-order valence-electron chi connectivity index (χ0n) is 5.44. The van der Waals surface area contributed by atoms with E-state index in [4.69, 9.17) is 11.5 Å². The van der Waals surface area contributed by atoms with E-state index in [1.165, 1.54) is 7.11 Å². The van der Waals surface area contributed by atoms with E-state index in [9.17, 15) is 4.79 Å². The molecular weight excluding hydrogens is 154 g/mol. The van der Waals surface area contributed by atoms with Crippen LogP contribution in [-0.4, -0.2) is 24.4 Å². The minimum Gasteiger partial charge on any atom is -0.467 e. The lowest BCUT2D eigenvalue weighted by Crippen LogP contribution is -2.27. The first kappa shape index (κ1) is 9.09. The fourth-order valence-corrected chi connectivity index (χ4v) is 0.538. The first-order chi connectivity index (χ1) is 4.57. The summed E-state index contributed by atoms with van der Waals surface area (Å²) in [5.41, 5.74) is 9.91. The molecule has 0 saturated heterocycles. The molecule has 4 N–H and O–H groups in total. The van der Waals surface area contributed by atoms with Gasteiger partial charge in [0.15, 0.2) is 11.3 Å². The van der Waals surface area contributed by atoms with Gasteiger partial charge in [0.05, 0.1) is 7.11 Å². The number of hydrogen-bond donors (Lipinski definition) is 3. The Morgan fingerprint density at radius 1 is 1.70 bits per heavy atom. The second kappa shape index (κ2) is 3.99. The Morgan fingerprint density at radius 3 is 2.50 bits per heavy atom. The van der Waals surface area contributed by atoms with Crippen molar-refractivity contribution in [2.24, 2.45) is 16.5 Å². The van der Waals surface area contributed by atoms with Gasteiger partial charge in [0.25, 0.3) is 0 Å². The van der Waals surface area contributed by atoms with Crippen LogP contribution in [0.5, 0.6) is 0 Å². The second-order valence-corrected chi connectivity index (χ2v) is 1.94. The van der Waals surface area contributed by atoms with Crippen molar-refractivity contribution in [1.29, 1.82) is 0 Å². The van der Waals surface area contributed by atoms with Gasteiger partial charge in [0, 0.05) is 0 Å². The monoisotopic (exact) mass is 163 g/mol. The van der Waals surface area contributed by atoms with Crippen LogP contribution < -0.4 is 11.5 Å². The predicted molar refractivity (Wildman–Crippen MR) is 40.6 cm³/mol. The van der Waals surface area contributed by atoms with Gasteiger partial charge in [0.2, 0.25) is 0 Å². The zero-order valence-corrected chi connectivity index (χ0v) is 6.34. The van der Waals surface area contributed by atoms with E-state index in [1.54, 1.807) is 0 Å². The van der Waals surface area contributed by atoms with Gasteiger partial charge in [-0.25, -0.2) is 9.79 Å². The Bertz CT molecular complexity index is 155. The van der Waals surface area contributed by atoms with Crippen LogP contribution in [0.4, 0.5) is 0 Å². The molecule has 0 saturated carbocycles. The van der Waals surface area contributed by atoms with Gasteiger partial charge in [-0.15, -0.1) is 12.6 Å². The number of ether oxygens (including phenoxy) is 1. The number of hydrogen-bond acceptors (Lipinski definition) is 4. The normalized spacial score (nSPS) is 11.8. The van der Waals surface area contributed by atoms with Crippen molar-refractivity contribution in [2.45, 2.75) is 5.37 Å². The number of methoxy groups -OCH3 is 1. The molecule has 0 spiro atoms. The summed E-state index contributed by atoms with van der Waals surface area (Å²) >= 11 is 3.72. The van der Waals surface area contributed by atoms with Crippen molar-refractivity contribution in [2.75, 3.05) is 7.11 Å². The number of carbonyl (C=O) groups excluding carboxylic acids is 1. The summed E-state index contributed by atoms with van der Waals surface area (Å²) in [6.07, 6.45) is 0. The molecule has 0 fully saturated rings. The minimum atomic E-state index is -0.921. The van der Waals surface area contributed by atoms with E-state index >= 15 is 0 Å². The Labute approximate surface area is 63.8 Å². The zero-order chi connectivity index (χ0) is 8.15. The van der Waals surface area contributed by atoms with Crippen LogP contribution in [0.2, 0.25) is 0 Å². The van der Waals surface area contributed by atoms with Crippen molar-refractivity contribution in [3.8, 4) is 0 Å². The number of thiol groups is 1. The quantitative estimate of drug-likeness (QED) is 0.204. The molecule has 0 aromatic rings. The van der Waals surface area contributed by atoms with Gasteiger partial charge < -0.3 is 16.2 Å². The fourth-order valence-electron chi connectivity index (χ4n) is 0.299. The molecule has 0 aliphatic heterocycles. The summed E-state index contributed by atoms with van der Waals surface area (Å²) in [7, 11) is 1.23. The molecule has 58 valence electrons. The van der Waals surface area contributed by atoms with Gasteiger partial charge in [-0.1, -0.05) is 0 Å². The van der Waals surface area contributed by atoms with E-state index in [-0.39, 0.29) is 5.96 Å². The summed E-state index contributed by atoms with van der Waals surface area (Å²) in [6.45, 7) is 0. The van der Waals surface area contributed by atoms with Gasteiger partial charge in [-0.2, -0.15) is 0 Å². The van der Waals surface area contributed by atoms with E-state index in [2.05, 4.69) is 22.4 Å². The topological polar surface area (TPSA) is 90.7 Å². The molecule has 1 unspecified atom stereocenters. The number of nitrogens with zero attached hydrogens (tertiary/aromatic N) is 1. The van der Waals surface area contributed by atoms with Crippen molar-refractivity contribution < 1.29 is 9.53 Å². The van der Waals surface area contributed by atoms with E-state index < -0.39 is 11.3 Å². The summed E-state index contributed by atoms with van der Waals surface area (Å²) in [4.78, 5) is 13.9. The molecule has 0 rings (SSSR count). The average molecular weight is 163 g/mol. The third-order valence-electron chi connectivity index (χ3n) is 0.683. The van der Waals surface area contributed by atoms with Crippen molar-refractivity contribution >= 4 is 24.6 Å². The number of esters is 1. The highest BCUT2D eigenvalue weighted by atomic mass is 32.1. The highest BCUT2D eigenvalue weighted by molar-refractivity contribution is 7.81. The molecular formula is C4H9N3O2S. The van der Waals surface area contributed by atoms with Crippen molar-refractivity contribution in [3.63, 3.8) is 0 Å². The third kappa shape index (κ3) is 3.18. The number of rotatable bonds is 2. The number of guanidine groups is 1. The Hall–Kier alpha value is -0.910. The third-order valence-corrected chi connectivity index (χ3v) is 1.01. The second-order valence-electron chi connectivity index (χ2n) is 1.45. The SMILES string of the molecule is COC(=O)C(S)N=C(N)N. The molecule has 10 heavy (non-hydrogen) atoms. The number of nitrogens with two attached hydrogens (primary N) is 2. The lowest BCUT2D eigenvalue weighted by atomic mass is 10.6. The van der Waals surface area contributed by atoms with Gasteiger partial charge in [0.1, 0.15) is 0 Å². The van der Waals surface area contributed by atoms with Gasteiger partial charge >= 0.3 is 5.97 Å². The van der Waals surface area contributed by atoms with Crippen LogP contribution in [0.3, 0.4) is 0 Å². The molecule has 0 aromatic carbocycles. The molecule has 0 aliphatic carbocycles. The van der Waals surface area contributed by atoms with E-state index in [0.29, 0.717) is 0 Å². The lowest BCUT2D eigenvalue weighted by Gasteiger charge is -2.01.